The summed E-state index contributed by atoms with van der Waals surface area (Å²) in [5.41, 5.74) is 25.1. The molecule has 0 aromatic heterocycles. The van der Waals surface area contributed by atoms with E-state index in [1.165, 1.54) is 33.4 Å². The first-order chi connectivity index (χ1) is 13.1. The van der Waals surface area contributed by atoms with Crippen LogP contribution < -0.4 is 26.7 Å². The lowest BCUT2D eigenvalue weighted by Gasteiger charge is -2.23. The van der Waals surface area contributed by atoms with E-state index in [0.717, 1.165) is 37.2 Å². The third-order valence-corrected chi connectivity index (χ3v) is 4.89. The zero-order chi connectivity index (χ0) is 19.8. The fourth-order valence-corrected chi connectivity index (χ4v) is 3.69. The van der Waals surface area contributed by atoms with Crippen LogP contribution in [0.5, 0.6) is 11.5 Å². The van der Waals surface area contributed by atoms with Crippen molar-refractivity contribution in [1.82, 2.24) is 0 Å². The molecule has 5 heteroatoms. The Hall–Kier alpha value is -2.08. The van der Waals surface area contributed by atoms with E-state index in [1.54, 1.807) is 14.2 Å². The largest absolute Gasteiger partial charge is 0.497 e. The van der Waals surface area contributed by atoms with Gasteiger partial charge in [-0.25, -0.2) is 0 Å². The molecule has 5 nitrogen and oxygen atoms in total. The van der Waals surface area contributed by atoms with Crippen LogP contribution in [0.25, 0.3) is 11.1 Å². The van der Waals surface area contributed by atoms with Gasteiger partial charge in [0, 0.05) is 0 Å². The van der Waals surface area contributed by atoms with Gasteiger partial charge in [-0.2, -0.15) is 0 Å². The molecular formula is C22H33N3O2. The highest BCUT2D eigenvalue weighted by Gasteiger charge is 2.19. The summed E-state index contributed by atoms with van der Waals surface area (Å²) >= 11 is 0. The van der Waals surface area contributed by atoms with Gasteiger partial charge in [0.25, 0.3) is 0 Å². The van der Waals surface area contributed by atoms with E-state index in [-0.39, 0.29) is 0 Å². The number of aryl methyl sites for hydroxylation is 1. The van der Waals surface area contributed by atoms with Crippen LogP contribution in [0.1, 0.15) is 29.2 Å². The fraction of sp³-hybridized carbons (Fsp3) is 0.455. The quantitative estimate of drug-likeness (QED) is 0.596. The highest BCUT2D eigenvalue weighted by molar-refractivity contribution is 5.79. The van der Waals surface area contributed by atoms with Gasteiger partial charge < -0.3 is 26.7 Å². The van der Waals surface area contributed by atoms with Gasteiger partial charge in [-0.3, -0.25) is 0 Å². The Labute approximate surface area is 162 Å². The summed E-state index contributed by atoms with van der Waals surface area (Å²) in [6.45, 7) is 3.90. The first kappa shape index (κ1) is 21.2. The van der Waals surface area contributed by atoms with Crippen molar-refractivity contribution in [3.8, 4) is 22.6 Å². The molecule has 0 unspecified atom stereocenters. The predicted octanol–water partition coefficient (Wildman–Crippen LogP) is 2.44. The van der Waals surface area contributed by atoms with Crippen molar-refractivity contribution in [2.45, 2.75) is 32.6 Å². The van der Waals surface area contributed by atoms with E-state index in [2.05, 4.69) is 31.2 Å². The maximum Gasteiger partial charge on any atom is 0.119 e. The molecule has 0 radical (unpaired) electrons. The molecule has 0 amide bonds. The molecule has 148 valence electrons. The monoisotopic (exact) mass is 371 g/mol. The number of hydrogen-bond acceptors (Lipinski definition) is 5. The lowest BCUT2D eigenvalue weighted by molar-refractivity contribution is 0.413. The van der Waals surface area contributed by atoms with Gasteiger partial charge in [0.2, 0.25) is 0 Å². The molecule has 2 aromatic rings. The van der Waals surface area contributed by atoms with Crippen LogP contribution in [0.15, 0.2) is 24.3 Å². The smallest absolute Gasteiger partial charge is 0.119 e. The molecule has 6 N–H and O–H groups in total. The molecule has 0 saturated heterocycles. The fourth-order valence-electron chi connectivity index (χ4n) is 3.69. The summed E-state index contributed by atoms with van der Waals surface area (Å²) in [6.07, 6.45) is 3.25. The Bertz CT molecular complexity index is 732. The molecule has 2 rings (SSSR count). The second-order valence-corrected chi connectivity index (χ2v) is 6.61. The van der Waals surface area contributed by atoms with Gasteiger partial charge in [0.15, 0.2) is 0 Å². The van der Waals surface area contributed by atoms with Crippen molar-refractivity contribution in [2.24, 2.45) is 17.2 Å². The summed E-state index contributed by atoms with van der Waals surface area (Å²) in [4.78, 5) is 0. The normalized spacial score (nSPS) is 10.9. The van der Waals surface area contributed by atoms with Crippen molar-refractivity contribution in [3.05, 3.63) is 46.5 Å². The number of ether oxygens (including phenoxy) is 2. The van der Waals surface area contributed by atoms with Crippen molar-refractivity contribution in [3.63, 3.8) is 0 Å². The van der Waals surface area contributed by atoms with Crippen molar-refractivity contribution in [2.75, 3.05) is 33.9 Å². The van der Waals surface area contributed by atoms with E-state index < -0.39 is 0 Å². The average Bonchev–Trinajstić information content (AvgIpc) is 2.68. The summed E-state index contributed by atoms with van der Waals surface area (Å²) < 4.78 is 11.1. The van der Waals surface area contributed by atoms with Crippen LogP contribution >= 0.6 is 0 Å². The SMILES string of the molecule is CCc1cc(OC)cc(CCN)c1-c1c(CCN)cc(OC)cc1CCN. The second-order valence-electron chi connectivity index (χ2n) is 6.61. The van der Waals surface area contributed by atoms with E-state index in [4.69, 9.17) is 26.7 Å². The highest BCUT2D eigenvalue weighted by Crippen LogP contribution is 2.39. The van der Waals surface area contributed by atoms with Gasteiger partial charge in [-0.1, -0.05) is 6.92 Å². The van der Waals surface area contributed by atoms with Crippen LogP contribution in [0.4, 0.5) is 0 Å². The molecule has 0 aliphatic rings. The van der Waals surface area contributed by atoms with Gasteiger partial charge in [-0.15, -0.1) is 0 Å². The molecule has 0 atom stereocenters. The lowest BCUT2D eigenvalue weighted by Crippen LogP contribution is -2.12. The second kappa shape index (κ2) is 10.3. The Morgan fingerprint density at radius 3 is 1.26 bits per heavy atom. The van der Waals surface area contributed by atoms with Crippen LogP contribution in [0.2, 0.25) is 0 Å². The molecule has 2 aromatic carbocycles. The number of rotatable bonds is 10. The molecule has 0 fully saturated rings. The minimum atomic E-state index is 0.575. The Kier molecular flexibility index (Phi) is 8.10. The summed E-state index contributed by atoms with van der Waals surface area (Å²) in [6, 6.07) is 8.41. The van der Waals surface area contributed by atoms with Crippen LogP contribution in [-0.4, -0.2) is 33.9 Å². The molecule has 0 spiro atoms. The number of hydrogen-bond donors (Lipinski definition) is 3. The van der Waals surface area contributed by atoms with Gasteiger partial charge in [0.1, 0.15) is 11.5 Å². The average molecular weight is 372 g/mol. The number of benzene rings is 2. The Morgan fingerprint density at radius 1 is 0.630 bits per heavy atom. The molecule has 0 heterocycles. The maximum atomic E-state index is 5.93. The molecule has 0 aliphatic heterocycles. The van der Waals surface area contributed by atoms with Gasteiger partial charge in [-0.05, 0) is 103 Å². The Balaban J connectivity index is 2.85. The van der Waals surface area contributed by atoms with Gasteiger partial charge >= 0.3 is 0 Å². The standard InChI is InChI=1S/C22H33N3O2/c1-4-15-11-19(26-2)12-16(5-8-23)21(15)22-17(6-9-24)13-20(27-3)14-18(22)7-10-25/h11-14H,4-10,23-25H2,1-3H3. The van der Waals surface area contributed by atoms with E-state index in [1.807, 2.05) is 0 Å². The molecule has 0 saturated carbocycles. The van der Waals surface area contributed by atoms with Crippen LogP contribution in [-0.2, 0) is 25.7 Å². The van der Waals surface area contributed by atoms with Crippen molar-refractivity contribution < 1.29 is 9.47 Å². The summed E-state index contributed by atoms with van der Waals surface area (Å²) in [5.74, 6) is 1.71. The minimum Gasteiger partial charge on any atom is -0.497 e. The third kappa shape index (κ3) is 4.80. The molecule has 0 aliphatic carbocycles. The predicted molar refractivity (Wildman–Crippen MR) is 113 cm³/mol. The van der Waals surface area contributed by atoms with E-state index in [0.29, 0.717) is 19.6 Å². The molecule has 0 bridgehead atoms. The third-order valence-electron chi connectivity index (χ3n) is 4.89. The lowest BCUT2D eigenvalue weighted by atomic mass is 9.84. The van der Waals surface area contributed by atoms with E-state index in [9.17, 15) is 0 Å². The van der Waals surface area contributed by atoms with Crippen molar-refractivity contribution in [1.29, 1.82) is 0 Å². The molecular weight excluding hydrogens is 338 g/mol. The summed E-state index contributed by atoms with van der Waals surface area (Å²) in [5, 5.41) is 0. The first-order valence-corrected chi connectivity index (χ1v) is 9.63. The highest BCUT2D eigenvalue weighted by atomic mass is 16.5. The van der Waals surface area contributed by atoms with Crippen LogP contribution in [0, 0.1) is 0 Å². The number of nitrogens with two attached hydrogens (primary N) is 3. The molecule has 27 heavy (non-hydrogen) atoms. The minimum absolute atomic E-state index is 0.575. The zero-order valence-electron chi connectivity index (χ0n) is 16.8. The summed E-state index contributed by atoms with van der Waals surface area (Å²) in [7, 11) is 3.39. The van der Waals surface area contributed by atoms with E-state index >= 15 is 0 Å². The Morgan fingerprint density at radius 2 is 0.963 bits per heavy atom. The van der Waals surface area contributed by atoms with Crippen LogP contribution in [0.3, 0.4) is 0 Å². The van der Waals surface area contributed by atoms with Gasteiger partial charge in [0.05, 0.1) is 14.2 Å². The number of methoxy groups -OCH3 is 2. The van der Waals surface area contributed by atoms with Crippen molar-refractivity contribution >= 4 is 0 Å². The first-order valence-electron chi connectivity index (χ1n) is 9.63. The maximum absolute atomic E-state index is 5.93. The topological polar surface area (TPSA) is 96.5 Å². The zero-order valence-corrected chi connectivity index (χ0v) is 16.8.